The largest absolute Gasteiger partial charge is 0.330 e. The van der Waals surface area contributed by atoms with E-state index in [1.807, 2.05) is 24.3 Å². The van der Waals surface area contributed by atoms with Crippen molar-refractivity contribution in [3.8, 4) is 0 Å². The number of benzene rings is 3. The van der Waals surface area contributed by atoms with Crippen molar-refractivity contribution in [2.45, 2.75) is 37.6 Å². The average molecular weight is 400 g/mol. The minimum atomic E-state index is 0.193. The molecule has 1 aliphatic carbocycles. The van der Waals surface area contributed by atoms with Crippen LogP contribution in [-0.2, 0) is 0 Å². The molecule has 3 aromatic rings. The lowest BCUT2D eigenvalue weighted by Crippen LogP contribution is -3.18. The number of quaternary nitrogens is 1. The van der Waals surface area contributed by atoms with Crippen LogP contribution in [0.2, 0.25) is 0 Å². The van der Waals surface area contributed by atoms with Gasteiger partial charge in [0.1, 0.15) is 0 Å². The Morgan fingerprint density at radius 3 is 2.20 bits per heavy atom. The average Bonchev–Trinajstić information content (AvgIpc) is 2.84. The number of amides is 1. The van der Waals surface area contributed by atoms with Gasteiger partial charge in [-0.3, -0.25) is 4.79 Å². The Labute approximate surface area is 179 Å². The number of hydrogen-bond acceptors (Lipinski definition) is 1. The van der Waals surface area contributed by atoms with Crippen LogP contribution >= 0.6 is 0 Å². The maximum Gasteiger partial charge on any atom is 0.254 e. The van der Waals surface area contributed by atoms with Crippen molar-refractivity contribution in [3.05, 3.63) is 83.9 Å². The molecule has 0 bridgehead atoms. The Hall–Kier alpha value is -2.65. The van der Waals surface area contributed by atoms with Crippen LogP contribution in [0.3, 0.4) is 0 Å². The van der Waals surface area contributed by atoms with Gasteiger partial charge in [0.05, 0.1) is 32.2 Å². The number of hydrogen-bond donors (Lipinski definition) is 1. The number of piperazine rings is 1. The normalized spacial score (nSPS) is 22.9. The van der Waals surface area contributed by atoms with Gasteiger partial charge in [-0.1, -0.05) is 66.7 Å². The molecule has 1 aliphatic heterocycles. The summed E-state index contributed by atoms with van der Waals surface area (Å²) in [7, 11) is 0. The van der Waals surface area contributed by atoms with Gasteiger partial charge in [-0.2, -0.15) is 0 Å². The van der Waals surface area contributed by atoms with Crippen LogP contribution in [-0.4, -0.2) is 43.0 Å². The van der Waals surface area contributed by atoms with Crippen molar-refractivity contribution in [2.24, 2.45) is 0 Å². The topological polar surface area (TPSA) is 24.8 Å². The van der Waals surface area contributed by atoms with E-state index in [0.717, 1.165) is 54.5 Å². The number of nitrogens with zero attached hydrogens (tertiary/aromatic N) is 1. The molecule has 0 aromatic heterocycles. The van der Waals surface area contributed by atoms with E-state index >= 15 is 0 Å². The van der Waals surface area contributed by atoms with Crippen LogP contribution in [0, 0.1) is 0 Å². The number of nitrogens with one attached hydrogen (secondary N) is 1. The molecule has 1 heterocycles. The first kappa shape index (κ1) is 19.3. The molecular formula is C27H31N2O+. The van der Waals surface area contributed by atoms with Gasteiger partial charge in [-0.15, -0.1) is 0 Å². The van der Waals surface area contributed by atoms with Gasteiger partial charge in [-0.25, -0.2) is 0 Å². The lowest BCUT2D eigenvalue weighted by molar-refractivity contribution is -0.930. The lowest BCUT2D eigenvalue weighted by Gasteiger charge is -2.39. The van der Waals surface area contributed by atoms with Crippen molar-refractivity contribution < 1.29 is 9.69 Å². The molecule has 2 fully saturated rings. The second-order valence-corrected chi connectivity index (χ2v) is 8.94. The van der Waals surface area contributed by atoms with E-state index in [0.29, 0.717) is 0 Å². The third-order valence-corrected chi connectivity index (χ3v) is 7.29. The molecule has 5 rings (SSSR count). The zero-order valence-electron chi connectivity index (χ0n) is 17.6. The molecule has 0 spiro atoms. The van der Waals surface area contributed by atoms with Gasteiger partial charge in [0, 0.05) is 5.56 Å². The first-order valence-electron chi connectivity index (χ1n) is 11.5. The minimum Gasteiger partial charge on any atom is -0.330 e. The third-order valence-electron chi connectivity index (χ3n) is 7.29. The summed E-state index contributed by atoms with van der Waals surface area (Å²) in [5.74, 6) is 0.926. The fourth-order valence-electron chi connectivity index (χ4n) is 5.55. The first-order chi connectivity index (χ1) is 14.8. The molecule has 0 unspecified atom stereocenters. The van der Waals surface area contributed by atoms with Crippen molar-refractivity contribution in [2.75, 3.05) is 26.2 Å². The molecule has 154 valence electrons. The Balaban J connectivity index is 1.18. The monoisotopic (exact) mass is 399 g/mol. The fourth-order valence-corrected chi connectivity index (χ4v) is 5.55. The van der Waals surface area contributed by atoms with Gasteiger partial charge in [0.2, 0.25) is 0 Å². The molecule has 3 nitrogen and oxygen atoms in total. The maximum absolute atomic E-state index is 13.2. The van der Waals surface area contributed by atoms with E-state index < -0.39 is 0 Å². The van der Waals surface area contributed by atoms with Crippen LogP contribution in [0.15, 0.2) is 72.8 Å². The number of carbonyl (C=O) groups excluding carboxylic acids is 1. The molecule has 30 heavy (non-hydrogen) atoms. The first-order valence-corrected chi connectivity index (χ1v) is 11.5. The van der Waals surface area contributed by atoms with Crippen LogP contribution in [0.25, 0.3) is 10.8 Å². The Morgan fingerprint density at radius 1 is 0.767 bits per heavy atom. The molecule has 1 saturated heterocycles. The van der Waals surface area contributed by atoms with Crippen LogP contribution in [0.5, 0.6) is 0 Å². The summed E-state index contributed by atoms with van der Waals surface area (Å²) < 4.78 is 0. The molecule has 1 saturated carbocycles. The van der Waals surface area contributed by atoms with Gasteiger partial charge in [0.25, 0.3) is 5.91 Å². The van der Waals surface area contributed by atoms with E-state index in [9.17, 15) is 4.79 Å². The Morgan fingerprint density at radius 2 is 1.43 bits per heavy atom. The van der Waals surface area contributed by atoms with E-state index in [4.69, 9.17) is 0 Å². The summed E-state index contributed by atoms with van der Waals surface area (Å²) in [5.41, 5.74) is 2.36. The summed E-state index contributed by atoms with van der Waals surface area (Å²) in [4.78, 5) is 17.0. The zero-order valence-corrected chi connectivity index (χ0v) is 17.6. The van der Waals surface area contributed by atoms with Crippen molar-refractivity contribution in [3.63, 3.8) is 0 Å². The standard InChI is InChI=1S/C27H30N2O/c30-27(26-12-6-10-23-9-4-5-11-25(23)26)29-19-17-28(18-20-29)24-15-13-22(14-16-24)21-7-2-1-3-8-21/h1-12,22,24H,13-20H2/p+1. The molecule has 1 amide bonds. The van der Waals surface area contributed by atoms with Gasteiger partial charge >= 0.3 is 0 Å². The third kappa shape index (κ3) is 3.87. The molecule has 0 atom stereocenters. The van der Waals surface area contributed by atoms with Crippen LogP contribution < -0.4 is 4.90 Å². The summed E-state index contributed by atoms with van der Waals surface area (Å²) in [5, 5.41) is 2.21. The SMILES string of the molecule is O=C(c1cccc2ccccc12)N1CC[NH+](C2CCC(c3ccccc3)CC2)CC1. The molecule has 3 heteroatoms. The summed E-state index contributed by atoms with van der Waals surface area (Å²) in [6.45, 7) is 3.90. The van der Waals surface area contributed by atoms with Gasteiger partial charge < -0.3 is 9.80 Å². The highest BCUT2D eigenvalue weighted by molar-refractivity contribution is 6.07. The Kier molecular flexibility index (Phi) is 5.54. The second-order valence-electron chi connectivity index (χ2n) is 8.94. The number of fused-ring (bicyclic) bond motifs is 1. The summed E-state index contributed by atoms with van der Waals surface area (Å²) in [6.07, 6.45) is 5.23. The van der Waals surface area contributed by atoms with E-state index in [1.165, 1.54) is 31.2 Å². The molecule has 3 aromatic carbocycles. The van der Waals surface area contributed by atoms with Gasteiger partial charge in [0.15, 0.2) is 0 Å². The summed E-state index contributed by atoms with van der Waals surface area (Å²) >= 11 is 0. The van der Waals surface area contributed by atoms with Crippen molar-refractivity contribution >= 4 is 16.7 Å². The predicted octanol–water partition coefficient (Wildman–Crippen LogP) is 3.91. The zero-order chi connectivity index (χ0) is 20.3. The minimum absolute atomic E-state index is 0.193. The number of rotatable bonds is 3. The van der Waals surface area contributed by atoms with E-state index in [-0.39, 0.29) is 5.91 Å². The maximum atomic E-state index is 13.2. The van der Waals surface area contributed by atoms with E-state index in [2.05, 4.69) is 53.4 Å². The lowest BCUT2D eigenvalue weighted by atomic mass is 9.81. The fraction of sp³-hybridized carbons (Fsp3) is 0.370. The highest BCUT2D eigenvalue weighted by atomic mass is 16.2. The smallest absolute Gasteiger partial charge is 0.254 e. The van der Waals surface area contributed by atoms with Crippen molar-refractivity contribution in [1.29, 1.82) is 0 Å². The van der Waals surface area contributed by atoms with Crippen LogP contribution in [0.1, 0.15) is 47.5 Å². The highest BCUT2D eigenvalue weighted by Gasteiger charge is 2.33. The highest BCUT2D eigenvalue weighted by Crippen LogP contribution is 2.32. The molecule has 1 N–H and O–H groups in total. The Bertz CT molecular complexity index is 994. The second kappa shape index (κ2) is 8.61. The number of carbonyl (C=O) groups is 1. The summed E-state index contributed by atoms with van der Waals surface area (Å²) in [6, 6.07) is 26.0. The molecular weight excluding hydrogens is 368 g/mol. The van der Waals surface area contributed by atoms with Crippen LogP contribution in [0.4, 0.5) is 0 Å². The quantitative estimate of drug-likeness (QED) is 0.710. The van der Waals surface area contributed by atoms with Crippen molar-refractivity contribution in [1.82, 2.24) is 4.90 Å². The molecule has 0 radical (unpaired) electrons. The van der Waals surface area contributed by atoms with E-state index in [1.54, 1.807) is 4.90 Å². The molecule has 2 aliphatic rings. The predicted molar refractivity (Wildman–Crippen MR) is 122 cm³/mol. The van der Waals surface area contributed by atoms with Gasteiger partial charge in [-0.05, 0) is 54.0 Å².